The number of non-ortho nitro benzene ring substituents is 1. The third-order valence-electron chi connectivity index (χ3n) is 5.39. The summed E-state index contributed by atoms with van der Waals surface area (Å²) in [4.78, 5) is 17.7. The molecule has 1 aromatic carbocycles. The fraction of sp³-hybridized carbons (Fsp3) is 0.250. The Balaban J connectivity index is 1.54. The molecule has 1 fully saturated rings. The van der Waals surface area contributed by atoms with Crippen LogP contribution in [-0.4, -0.2) is 37.6 Å². The van der Waals surface area contributed by atoms with E-state index < -0.39 is 0 Å². The largest absolute Gasteiger partial charge is 0.369 e. The van der Waals surface area contributed by atoms with Crippen LogP contribution in [0.3, 0.4) is 0 Å². The van der Waals surface area contributed by atoms with E-state index >= 15 is 0 Å². The Morgan fingerprint density at radius 1 is 1.11 bits per heavy atom. The Hall–Kier alpha value is -3.55. The molecule has 1 saturated heterocycles. The number of nitro benzene ring substituents is 1. The van der Waals surface area contributed by atoms with E-state index in [9.17, 15) is 10.1 Å². The predicted octanol–water partition coefficient (Wildman–Crippen LogP) is 3.57. The second-order valence-electron chi connectivity index (χ2n) is 7.03. The summed E-state index contributed by atoms with van der Waals surface area (Å²) in [5, 5.41) is 20.7. The van der Waals surface area contributed by atoms with Crippen LogP contribution in [-0.2, 0) is 0 Å². The molecule has 1 aliphatic rings. The van der Waals surface area contributed by atoms with Crippen LogP contribution in [0.15, 0.2) is 54.9 Å². The SMILES string of the molecule is O=[N+]([O-])c1ccc(N2CCCC(c3nnc4ccccn34)C2)c2ncccc12. The molecule has 0 radical (unpaired) electrons. The van der Waals surface area contributed by atoms with Crippen LogP contribution in [0.25, 0.3) is 16.6 Å². The summed E-state index contributed by atoms with van der Waals surface area (Å²) in [7, 11) is 0. The van der Waals surface area contributed by atoms with Gasteiger partial charge in [0.25, 0.3) is 5.69 Å². The quantitative estimate of drug-likeness (QED) is 0.402. The van der Waals surface area contributed by atoms with Gasteiger partial charge in [-0.3, -0.25) is 19.5 Å². The fourth-order valence-corrected chi connectivity index (χ4v) is 4.10. The second-order valence-corrected chi connectivity index (χ2v) is 7.03. The number of hydrogen-bond acceptors (Lipinski definition) is 6. The number of pyridine rings is 2. The van der Waals surface area contributed by atoms with Crippen molar-refractivity contribution < 1.29 is 4.92 Å². The molecule has 1 aliphatic heterocycles. The molecule has 8 nitrogen and oxygen atoms in total. The first-order valence-electron chi connectivity index (χ1n) is 9.29. The van der Waals surface area contributed by atoms with Gasteiger partial charge < -0.3 is 4.90 Å². The topological polar surface area (TPSA) is 89.5 Å². The number of piperidine rings is 1. The number of fused-ring (bicyclic) bond motifs is 2. The summed E-state index contributed by atoms with van der Waals surface area (Å²) in [6.45, 7) is 1.66. The lowest BCUT2D eigenvalue weighted by atomic mass is 9.96. The summed E-state index contributed by atoms with van der Waals surface area (Å²) in [6.07, 6.45) is 5.72. The number of benzene rings is 1. The van der Waals surface area contributed by atoms with E-state index in [4.69, 9.17) is 0 Å². The molecule has 28 heavy (non-hydrogen) atoms. The summed E-state index contributed by atoms with van der Waals surface area (Å²) >= 11 is 0. The molecule has 1 unspecified atom stereocenters. The highest BCUT2D eigenvalue weighted by molar-refractivity contribution is 5.97. The molecule has 0 bridgehead atoms. The van der Waals surface area contributed by atoms with Gasteiger partial charge in [-0.2, -0.15) is 0 Å². The van der Waals surface area contributed by atoms with Crippen molar-refractivity contribution >= 4 is 27.9 Å². The van der Waals surface area contributed by atoms with Gasteiger partial charge >= 0.3 is 0 Å². The van der Waals surface area contributed by atoms with Crippen LogP contribution in [0.4, 0.5) is 11.4 Å². The highest BCUT2D eigenvalue weighted by Crippen LogP contribution is 2.35. The lowest BCUT2D eigenvalue weighted by molar-refractivity contribution is -0.383. The number of anilines is 1. The van der Waals surface area contributed by atoms with Crippen molar-refractivity contribution in [1.29, 1.82) is 0 Å². The number of rotatable bonds is 3. The van der Waals surface area contributed by atoms with E-state index in [-0.39, 0.29) is 16.5 Å². The summed E-state index contributed by atoms with van der Waals surface area (Å²) in [5.41, 5.74) is 2.53. The van der Waals surface area contributed by atoms with E-state index in [1.165, 1.54) is 0 Å². The van der Waals surface area contributed by atoms with Gasteiger partial charge in [-0.1, -0.05) is 6.07 Å². The maximum Gasteiger partial charge on any atom is 0.278 e. The first-order chi connectivity index (χ1) is 13.7. The van der Waals surface area contributed by atoms with Gasteiger partial charge in [0.15, 0.2) is 5.65 Å². The van der Waals surface area contributed by atoms with Crippen LogP contribution >= 0.6 is 0 Å². The molecule has 1 atom stereocenters. The van der Waals surface area contributed by atoms with Gasteiger partial charge in [0.05, 0.1) is 16.0 Å². The Kier molecular flexibility index (Phi) is 3.89. The van der Waals surface area contributed by atoms with Crippen LogP contribution in [0, 0.1) is 10.1 Å². The second kappa shape index (κ2) is 6.56. The van der Waals surface area contributed by atoms with E-state index in [0.29, 0.717) is 10.9 Å². The van der Waals surface area contributed by atoms with Crippen LogP contribution in [0.2, 0.25) is 0 Å². The van der Waals surface area contributed by atoms with E-state index in [1.54, 1.807) is 24.4 Å². The first-order valence-corrected chi connectivity index (χ1v) is 9.29. The number of aromatic nitrogens is 4. The molecule has 4 heterocycles. The molecule has 0 N–H and O–H groups in total. The Bertz CT molecular complexity index is 1190. The number of nitrogens with zero attached hydrogens (tertiary/aromatic N) is 6. The maximum atomic E-state index is 11.4. The molecule has 4 aromatic rings. The molecule has 5 rings (SSSR count). The first kappa shape index (κ1) is 16.6. The van der Waals surface area contributed by atoms with Gasteiger partial charge in [0, 0.05) is 37.5 Å². The van der Waals surface area contributed by atoms with Crippen LogP contribution in [0.1, 0.15) is 24.6 Å². The normalized spacial score (nSPS) is 17.3. The van der Waals surface area contributed by atoms with Crippen molar-refractivity contribution in [3.63, 3.8) is 0 Å². The summed E-state index contributed by atoms with van der Waals surface area (Å²) < 4.78 is 2.04. The molecule has 140 valence electrons. The van der Waals surface area contributed by atoms with Crippen LogP contribution in [0.5, 0.6) is 0 Å². The molecule has 0 saturated carbocycles. The molecule has 8 heteroatoms. The van der Waals surface area contributed by atoms with Crippen molar-refractivity contribution in [3.05, 3.63) is 70.8 Å². The Labute approximate surface area is 160 Å². The highest BCUT2D eigenvalue weighted by Gasteiger charge is 2.27. The zero-order valence-corrected chi connectivity index (χ0v) is 15.1. The van der Waals surface area contributed by atoms with Crippen molar-refractivity contribution in [2.75, 3.05) is 18.0 Å². The smallest absolute Gasteiger partial charge is 0.278 e. The lowest BCUT2D eigenvalue weighted by Gasteiger charge is -2.34. The van der Waals surface area contributed by atoms with Gasteiger partial charge in [-0.25, -0.2) is 0 Å². The van der Waals surface area contributed by atoms with Crippen molar-refractivity contribution in [1.82, 2.24) is 19.6 Å². The van der Waals surface area contributed by atoms with E-state index in [0.717, 1.165) is 43.1 Å². The van der Waals surface area contributed by atoms with Crippen molar-refractivity contribution in [2.24, 2.45) is 0 Å². The number of nitro groups is 1. The Morgan fingerprint density at radius 2 is 2.04 bits per heavy atom. The van der Waals surface area contributed by atoms with Crippen LogP contribution < -0.4 is 4.90 Å². The van der Waals surface area contributed by atoms with E-state index in [1.807, 2.05) is 34.9 Å². The van der Waals surface area contributed by atoms with Gasteiger partial charge in [-0.05, 0) is 43.2 Å². The lowest BCUT2D eigenvalue weighted by Crippen LogP contribution is -2.35. The van der Waals surface area contributed by atoms with Crippen molar-refractivity contribution in [2.45, 2.75) is 18.8 Å². The third kappa shape index (κ3) is 2.65. The Morgan fingerprint density at radius 3 is 2.93 bits per heavy atom. The predicted molar refractivity (Wildman–Crippen MR) is 106 cm³/mol. The molecule has 3 aromatic heterocycles. The summed E-state index contributed by atoms with van der Waals surface area (Å²) in [6, 6.07) is 12.8. The monoisotopic (exact) mass is 374 g/mol. The standard InChI is InChI=1S/C20H18N6O2/c27-26(28)16-8-9-17(19-15(16)6-3-10-21-19)24-11-4-5-14(13-24)20-23-22-18-7-1-2-12-25(18)20/h1-3,6-10,12,14H,4-5,11,13H2. The fourth-order valence-electron chi connectivity index (χ4n) is 4.10. The van der Waals surface area contributed by atoms with Gasteiger partial charge in [0.2, 0.25) is 0 Å². The van der Waals surface area contributed by atoms with Gasteiger partial charge in [-0.15, -0.1) is 10.2 Å². The zero-order chi connectivity index (χ0) is 19.1. The minimum absolute atomic E-state index is 0.0869. The molecule has 0 amide bonds. The highest BCUT2D eigenvalue weighted by atomic mass is 16.6. The third-order valence-corrected chi connectivity index (χ3v) is 5.39. The minimum atomic E-state index is -0.352. The average molecular weight is 374 g/mol. The summed E-state index contributed by atoms with van der Waals surface area (Å²) in [5.74, 6) is 1.19. The minimum Gasteiger partial charge on any atom is -0.369 e. The zero-order valence-electron chi connectivity index (χ0n) is 15.1. The molecular weight excluding hydrogens is 356 g/mol. The van der Waals surface area contributed by atoms with Gasteiger partial charge in [0.1, 0.15) is 11.3 Å². The molecular formula is C20H18N6O2. The molecule has 0 aliphatic carbocycles. The number of hydrogen-bond donors (Lipinski definition) is 0. The van der Waals surface area contributed by atoms with E-state index in [2.05, 4.69) is 20.1 Å². The average Bonchev–Trinajstić information content (AvgIpc) is 3.17. The maximum absolute atomic E-state index is 11.4. The van der Waals surface area contributed by atoms with Crippen molar-refractivity contribution in [3.8, 4) is 0 Å². The molecule has 0 spiro atoms.